The van der Waals surface area contributed by atoms with Crippen molar-refractivity contribution >= 4 is 51.2 Å². The predicted molar refractivity (Wildman–Crippen MR) is 94.9 cm³/mol. The molecule has 3 aromatic rings. The molecule has 5 heteroatoms. The van der Waals surface area contributed by atoms with Gasteiger partial charge in [0.05, 0.1) is 15.7 Å². The van der Waals surface area contributed by atoms with Crippen LogP contribution in [0.3, 0.4) is 0 Å². The van der Waals surface area contributed by atoms with Crippen molar-refractivity contribution in [1.82, 2.24) is 0 Å². The molecule has 4 rings (SSSR count). The van der Waals surface area contributed by atoms with Crippen LogP contribution >= 0.6 is 23.2 Å². The summed E-state index contributed by atoms with van der Waals surface area (Å²) in [5, 5.41) is 7.19. The molecule has 1 aliphatic carbocycles. The number of nitrogens with zero attached hydrogens (tertiary/aromatic N) is 1. The minimum absolute atomic E-state index is 0.0793. The molecule has 3 aromatic carbocycles. The molecule has 0 fully saturated rings. The number of rotatable bonds is 2. The number of ketones is 1. The third-order valence-corrected chi connectivity index (χ3v) is 4.57. The Morgan fingerprint density at radius 3 is 2.35 bits per heavy atom. The number of anilines is 1. The average Bonchev–Trinajstić information content (AvgIpc) is 2.84. The van der Waals surface area contributed by atoms with Crippen molar-refractivity contribution in [2.24, 2.45) is 5.10 Å². The molecule has 0 atom stereocenters. The molecule has 0 spiro atoms. The number of carbonyl (C=O) groups is 1. The lowest BCUT2D eigenvalue weighted by atomic mass is 10.1. The van der Waals surface area contributed by atoms with E-state index in [-0.39, 0.29) is 5.78 Å². The second kappa shape index (κ2) is 5.37. The van der Waals surface area contributed by atoms with E-state index in [0.717, 1.165) is 16.3 Å². The zero-order chi connectivity index (χ0) is 16.0. The second-order valence-electron chi connectivity index (χ2n) is 5.24. The maximum Gasteiger partial charge on any atom is 0.214 e. The van der Waals surface area contributed by atoms with Crippen molar-refractivity contribution in [3.63, 3.8) is 0 Å². The van der Waals surface area contributed by atoms with E-state index in [4.69, 9.17) is 23.2 Å². The quantitative estimate of drug-likeness (QED) is 0.654. The van der Waals surface area contributed by atoms with Crippen LogP contribution in [0.2, 0.25) is 10.0 Å². The summed E-state index contributed by atoms with van der Waals surface area (Å²) in [7, 11) is 0. The van der Waals surface area contributed by atoms with E-state index in [9.17, 15) is 4.79 Å². The minimum Gasteiger partial charge on any atom is -0.287 e. The number of Topliss-reactive ketones (excluding diaryl/α,β-unsaturated/α-hetero) is 1. The van der Waals surface area contributed by atoms with Gasteiger partial charge in [-0.05, 0) is 23.6 Å². The second-order valence-corrected chi connectivity index (χ2v) is 6.05. The molecule has 0 bridgehead atoms. The summed E-state index contributed by atoms with van der Waals surface area (Å²) >= 11 is 11.9. The Hall–Kier alpha value is -2.36. The summed E-state index contributed by atoms with van der Waals surface area (Å²) in [4.78, 5) is 12.6. The summed E-state index contributed by atoms with van der Waals surface area (Å²) in [5.74, 6) is -0.0793. The lowest BCUT2D eigenvalue weighted by molar-refractivity contribution is 0.107. The van der Waals surface area contributed by atoms with Gasteiger partial charge in [0.2, 0.25) is 5.78 Å². The van der Waals surface area contributed by atoms with Crippen molar-refractivity contribution in [2.45, 2.75) is 0 Å². The summed E-state index contributed by atoms with van der Waals surface area (Å²) in [6, 6.07) is 16.6. The van der Waals surface area contributed by atoms with E-state index in [0.29, 0.717) is 27.0 Å². The van der Waals surface area contributed by atoms with Crippen LogP contribution in [-0.4, -0.2) is 11.5 Å². The van der Waals surface area contributed by atoms with Crippen LogP contribution in [0.1, 0.15) is 15.9 Å². The first kappa shape index (κ1) is 14.2. The highest BCUT2D eigenvalue weighted by atomic mass is 35.5. The Morgan fingerprint density at radius 1 is 0.870 bits per heavy atom. The third kappa shape index (κ3) is 2.29. The number of hydrogen-bond donors (Lipinski definition) is 1. The zero-order valence-electron chi connectivity index (χ0n) is 11.8. The lowest BCUT2D eigenvalue weighted by Gasteiger charge is -2.04. The van der Waals surface area contributed by atoms with Crippen molar-refractivity contribution in [1.29, 1.82) is 0 Å². The Kier molecular flexibility index (Phi) is 3.33. The fraction of sp³-hybridized carbons (Fsp3) is 0. The van der Waals surface area contributed by atoms with Crippen LogP contribution in [0.15, 0.2) is 59.7 Å². The van der Waals surface area contributed by atoms with Crippen molar-refractivity contribution in [3.8, 4) is 0 Å². The first-order valence-electron chi connectivity index (χ1n) is 7.01. The van der Waals surface area contributed by atoms with Gasteiger partial charge in [0, 0.05) is 16.5 Å². The van der Waals surface area contributed by atoms with Crippen LogP contribution in [0.25, 0.3) is 10.8 Å². The van der Waals surface area contributed by atoms with E-state index < -0.39 is 0 Å². The monoisotopic (exact) mass is 340 g/mol. The fourth-order valence-electron chi connectivity index (χ4n) is 2.77. The van der Waals surface area contributed by atoms with Gasteiger partial charge < -0.3 is 0 Å². The summed E-state index contributed by atoms with van der Waals surface area (Å²) in [5.41, 5.74) is 5.49. The number of benzene rings is 3. The SMILES string of the molecule is O=C1/C(=N\Nc2ccc(Cl)c(Cl)c2)c2cccc3cccc1c23. The van der Waals surface area contributed by atoms with E-state index in [2.05, 4.69) is 10.5 Å². The van der Waals surface area contributed by atoms with Crippen LogP contribution in [0.4, 0.5) is 5.69 Å². The van der Waals surface area contributed by atoms with Gasteiger partial charge in [-0.2, -0.15) is 5.10 Å². The number of hydrogen-bond acceptors (Lipinski definition) is 3. The van der Waals surface area contributed by atoms with E-state index in [1.54, 1.807) is 18.2 Å². The van der Waals surface area contributed by atoms with E-state index in [1.807, 2.05) is 36.4 Å². The molecule has 0 aromatic heterocycles. The van der Waals surface area contributed by atoms with Crippen molar-refractivity contribution in [2.75, 3.05) is 5.43 Å². The van der Waals surface area contributed by atoms with E-state index in [1.165, 1.54) is 0 Å². The molecule has 0 amide bonds. The molecule has 0 unspecified atom stereocenters. The summed E-state index contributed by atoms with van der Waals surface area (Å²) in [6.07, 6.45) is 0. The van der Waals surface area contributed by atoms with Gasteiger partial charge in [-0.1, -0.05) is 59.6 Å². The molecular formula is C18H10Cl2N2O. The Bertz CT molecular complexity index is 990. The van der Waals surface area contributed by atoms with Crippen LogP contribution in [0, 0.1) is 0 Å². The van der Waals surface area contributed by atoms with Gasteiger partial charge in [-0.15, -0.1) is 0 Å². The number of halogens is 2. The Labute approximate surface area is 142 Å². The van der Waals surface area contributed by atoms with Crippen LogP contribution in [0.5, 0.6) is 0 Å². The molecule has 0 saturated heterocycles. The first-order chi connectivity index (χ1) is 11.1. The zero-order valence-corrected chi connectivity index (χ0v) is 13.3. The molecule has 112 valence electrons. The van der Waals surface area contributed by atoms with Crippen LogP contribution < -0.4 is 5.43 Å². The first-order valence-corrected chi connectivity index (χ1v) is 7.76. The molecule has 1 aliphatic rings. The van der Waals surface area contributed by atoms with Gasteiger partial charge >= 0.3 is 0 Å². The Balaban J connectivity index is 1.77. The number of nitrogens with one attached hydrogen (secondary N) is 1. The highest BCUT2D eigenvalue weighted by Gasteiger charge is 2.28. The number of carbonyl (C=O) groups excluding carboxylic acids is 1. The normalized spacial score (nSPS) is 14.7. The molecule has 0 radical (unpaired) electrons. The molecule has 0 aliphatic heterocycles. The fourth-order valence-corrected chi connectivity index (χ4v) is 3.07. The highest BCUT2D eigenvalue weighted by Crippen LogP contribution is 2.31. The predicted octanol–water partition coefficient (Wildman–Crippen LogP) is 5.16. The van der Waals surface area contributed by atoms with Crippen molar-refractivity contribution in [3.05, 3.63) is 75.8 Å². The molecule has 1 N–H and O–H groups in total. The largest absolute Gasteiger partial charge is 0.287 e. The van der Waals surface area contributed by atoms with Gasteiger partial charge in [-0.3, -0.25) is 10.2 Å². The molecule has 0 heterocycles. The summed E-state index contributed by atoms with van der Waals surface area (Å²) in [6.45, 7) is 0. The Morgan fingerprint density at radius 2 is 1.61 bits per heavy atom. The summed E-state index contributed by atoms with van der Waals surface area (Å²) < 4.78 is 0. The van der Waals surface area contributed by atoms with Crippen molar-refractivity contribution < 1.29 is 4.79 Å². The van der Waals surface area contributed by atoms with Gasteiger partial charge in [0.15, 0.2) is 0 Å². The van der Waals surface area contributed by atoms with Gasteiger partial charge in [0.25, 0.3) is 0 Å². The third-order valence-electron chi connectivity index (χ3n) is 3.84. The van der Waals surface area contributed by atoms with Crippen LogP contribution in [-0.2, 0) is 0 Å². The smallest absolute Gasteiger partial charge is 0.214 e. The topological polar surface area (TPSA) is 41.5 Å². The van der Waals surface area contributed by atoms with Gasteiger partial charge in [0.1, 0.15) is 5.71 Å². The molecule has 0 saturated carbocycles. The standard InChI is InChI=1S/C18H10Cl2N2O/c19-14-8-7-11(9-15(14)20)21-22-17-12-5-1-3-10-4-2-6-13(16(10)12)18(17)23/h1-9,21H/b22-17-. The minimum atomic E-state index is -0.0793. The maximum absolute atomic E-state index is 12.6. The lowest BCUT2D eigenvalue weighted by Crippen LogP contribution is -2.11. The average molecular weight is 341 g/mol. The molecular weight excluding hydrogens is 331 g/mol. The van der Waals surface area contributed by atoms with E-state index >= 15 is 0 Å². The number of hydrazone groups is 1. The molecule has 23 heavy (non-hydrogen) atoms. The molecule has 3 nitrogen and oxygen atoms in total. The highest BCUT2D eigenvalue weighted by molar-refractivity contribution is 6.59. The maximum atomic E-state index is 12.6. The van der Waals surface area contributed by atoms with Gasteiger partial charge in [-0.25, -0.2) is 0 Å².